The van der Waals surface area contributed by atoms with E-state index in [0.29, 0.717) is 24.3 Å². The Kier molecular flexibility index (Phi) is 14.7. The Labute approximate surface area is 337 Å². The van der Waals surface area contributed by atoms with Crippen molar-refractivity contribution in [2.75, 3.05) is 39.5 Å². The van der Waals surface area contributed by atoms with Gasteiger partial charge in [0.05, 0.1) is 25.3 Å². The highest BCUT2D eigenvalue weighted by Gasteiger charge is 2.64. The molecule has 0 spiro atoms. The van der Waals surface area contributed by atoms with E-state index in [9.17, 15) is 24.3 Å². The Bertz CT molecular complexity index is 1680. The predicted molar refractivity (Wildman–Crippen MR) is 215 cm³/mol. The fourth-order valence-corrected chi connectivity index (χ4v) is 9.62. The van der Waals surface area contributed by atoms with Crippen molar-refractivity contribution in [1.82, 2.24) is 10.2 Å². The molecule has 0 saturated carbocycles. The number of ether oxygens (including phenoxy) is 5. The van der Waals surface area contributed by atoms with Crippen molar-refractivity contribution < 1.29 is 48.0 Å². The first kappa shape index (κ1) is 44.8. The van der Waals surface area contributed by atoms with E-state index < -0.39 is 65.7 Å². The maximum absolute atomic E-state index is 14.2. The number of anilines is 1. The van der Waals surface area contributed by atoms with Gasteiger partial charge in [0.1, 0.15) is 40.7 Å². The minimum Gasteiger partial charge on any atom is -0.495 e. The monoisotopic (exact) mass is 825 g/mol. The number of methoxy groups -OCH3 is 2. The molecule has 3 aliphatic heterocycles. The van der Waals surface area contributed by atoms with E-state index in [1.807, 2.05) is 26.2 Å². The van der Waals surface area contributed by atoms with Crippen molar-refractivity contribution in [3.63, 3.8) is 0 Å². The van der Waals surface area contributed by atoms with Crippen LogP contribution in [0.1, 0.15) is 72.8 Å². The molecule has 2 N–H and O–H groups in total. The Balaban J connectivity index is 1.71. The normalized spacial score (nSPS) is 30.8. The molecule has 0 radical (unpaired) electrons. The number of nitrogens with one attached hydrogen (secondary N) is 1. The molecule has 2 saturated heterocycles. The molecule has 2 fully saturated rings. The van der Waals surface area contributed by atoms with E-state index in [1.165, 1.54) is 24.0 Å². The van der Waals surface area contributed by atoms with Gasteiger partial charge in [0.2, 0.25) is 11.8 Å². The molecule has 306 valence electrons. The van der Waals surface area contributed by atoms with Crippen LogP contribution in [0.5, 0.6) is 5.75 Å². The second-order valence-corrected chi connectivity index (χ2v) is 18.9. The molecule has 16 heteroatoms. The Morgan fingerprint density at radius 1 is 1.25 bits per heavy atom. The van der Waals surface area contributed by atoms with Crippen molar-refractivity contribution >= 4 is 62.8 Å². The van der Waals surface area contributed by atoms with E-state index >= 15 is 0 Å². The Morgan fingerprint density at radius 3 is 2.58 bits per heavy atom. The topological polar surface area (TPSA) is 156 Å². The summed E-state index contributed by atoms with van der Waals surface area (Å²) in [4.78, 5) is 56.9. The average molecular weight is 826 g/mol. The van der Waals surface area contributed by atoms with Gasteiger partial charge in [0.25, 0.3) is 0 Å². The maximum Gasteiger partial charge on any atom is 0.409 e. The number of allylic oxidation sites excluding steroid dienone is 3. The molecule has 3 aliphatic rings. The number of hydrogen-bond donors (Lipinski definition) is 2. The van der Waals surface area contributed by atoms with Gasteiger partial charge in [-0.15, -0.1) is 0 Å². The molecule has 0 aromatic heterocycles. The van der Waals surface area contributed by atoms with Gasteiger partial charge in [-0.1, -0.05) is 63.9 Å². The summed E-state index contributed by atoms with van der Waals surface area (Å²) in [5.41, 5.74) is -0.900. The molecule has 4 bridgehead atoms. The van der Waals surface area contributed by atoms with Crippen LogP contribution in [-0.4, -0.2) is 115 Å². The molecule has 0 unspecified atom stereocenters. The Hall–Kier alpha value is -2.95. The van der Waals surface area contributed by atoms with Gasteiger partial charge in [-0.05, 0) is 71.4 Å². The van der Waals surface area contributed by atoms with Crippen molar-refractivity contribution in [1.29, 1.82) is 0 Å². The first-order valence-corrected chi connectivity index (χ1v) is 21.2. The predicted octanol–water partition coefficient (Wildman–Crippen LogP) is 6.08. The molecule has 3 heterocycles. The number of alkyl carbamates (subject to hydrolysis) is 1. The average Bonchev–Trinajstić information content (AvgIpc) is 3.82. The lowest BCUT2D eigenvalue weighted by atomic mass is 9.83. The third-order valence-electron chi connectivity index (χ3n) is 10.8. The summed E-state index contributed by atoms with van der Waals surface area (Å²) in [5.74, 6) is -1.50. The minimum atomic E-state index is -1.83. The Morgan fingerprint density at radius 2 is 1.95 bits per heavy atom. The summed E-state index contributed by atoms with van der Waals surface area (Å²) in [7, 11) is 9.39. The molecule has 1 aromatic carbocycles. The van der Waals surface area contributed by atoms with Gasteiger partial charge in [0.15, 0.2) is 5.72 Å². The van der Waals surface area contributed by atoms with Gasteiger partial charge in [-0.3, -0.25) is 14.9 Å². The molecule has 8 atom stereocenters. The SMILES string of the molecule is COc1cc2cc(c1Cl)N(C)C(=O)C[C@H](OC(=O)[C@H](C)N(C)C(=O)CCC(C)(C)SSC)[C@]1(C)O[C@H]1[C@H](C)[C@@H]1C[C@@](O)(NC(=O)O1)[C@H](OC)/C=C/C=C(/C)C2. The molecular weight excluding hydrogens is 770 g/mol. The second kappa shape index (κ2) is 18.1. The zero-order valence-corrected chi connectivity index (χ0v) is 36.0. The standard InChI is InChI=1S/C39H56ClN3O10S2/c1-22-13-12-14-29(50-10)39(48)21-28(51-36(47)41-39)23(2)34-38(6,53-34)30(20-32(45)43(8)26-18-25(17-22)19-27(49-9)33(26)40)52-35(46)24(3)42(7)31(44)15-16-37(4,5)55-54-11/h12-14,18-19,23-24,28-30,34,48H,15-17,20-21H2,1-11H3,(H,41,47)/b14-12+,22-13-/t23-,24+,28+,29-,30+,34+,38+,39+/m1/s1. The summed E-state index contributed by atoms with van der Waals surface area (Å²) in [6.45, 7) is 11.2. The van der Waals surface area contributed by atoms with Gasteiger partial charge < -0.3 is 38.6 Å². The molecule has 13 nitrogen and oxygen atoms in total. The summed E-state index contributed by atoms with van der Waals surface area (Å²) >= 11 is 6.78. The van der Waals surface area contributed by atoms with Crippen LogP contribution in [0, 0.1) is 5.92 Å². The van der Waals surface area contributed by atoms with Crippen LogP contribution < -0.4 is 15.0 Å². The smallest absolute Gasteiger partial charge is 0.409 e. The molecule has 0 aliphatic carbocycles. The quantitative estimate of drug-likeness (QED) is 0.160. The maximum atomic E-state index is 14.2. The van der Waals surface area contributed by atoms with Gasteiger partial charge in [0, 0.05) is 44.7 Å². The lowest BCUT2D eigenvalue weighted by Crippen LogP contribution is -2.63. The zero-order valence-electron chi connectivity index (χ0n) is 33.6. The number of nitrogens with zero attached hydrogens (tertiary/aromatic N) is 2. The van der Waals surface area contributed by atoms with Gasteiger partial charge in [-0.25, -0.2) is 9.59 Å². The summed E-state index contributed by atoms with van der Waals surface area (Å²) in [5, 5.41) is 14.5. The highest BCUT2D eigenvalue weighted by atomic mass is 35.5. The number of benzene rings is 1. The van der Waals surface area contributed by atoms with Crippen molar-refractivity contribution in [3.8, 4) is 5.75 Å². The summed E-state index contributed by atoms with van der Waals surface area (Å²) in [6, 6.07) is 2.62. The zero-order chi connectivity index (χ0) is 41.0. The first-order chi connectivity index (χ1) is 25.7. The highest BCUT2D eigenvalue weighted by Crippen LogP contribution is 2.49. The number of aliphatic hydroxyl groups is 1. The van der Waals surface area contributed by atoms with Crippen LogP contribution >= 0.6 is 33.2 Å². The molecule has 3 amide bonds. The molecule has 1 aromatic rings. The number of hydrogen-bond acceptors (Lipinski definition) is 12. The van der Waals surface area contributed by atoms with Crippen molar-refractivity contribution in [2.24, 2.45) is 5.92 Å². The summed E-state index contributed by atoms with van der Waals surface area (Å²) < 4.78 is 29.2. The fraction of sp³-hybridized carbons (Fsp3) is 0.641. The third kappa shape index (κ3) is 10.5. The molecular formula is C39H56ClN3O10S2. The first-order valence-electron chi connectivity index (χ1n) is 18.3. The number of likely N-dealkylation sites (N-methyl/N-ethyl adjacent to an activating group) is 1. The number of carbonyl (C=O) groups excluding carboxylic acids is 4. The number of halogens is 1. The van der Waals surface area contributed by atoms with E-state index in [4.69, 9.17) is 35.3 Å². The minimum absolute atomic E-state index is 0.0478. The second-order valence-electron chi connectivity index (χ2n) is 15.4. The lowest BCUT2D eigenvalue weighted by molar-refractivity contribution is -0.162. The summed E-state index contributed by atoms with van der Waals surface area (Å²) in [6.07, 6.45) is 3.81. The number of carbonyl (C=O) groups is 4. The van der Waals surface area contributed by atoms with Crippen LogP contribution in [0.25, 0.3) is 0 Å². The van der Waals surface area contributed by atoms with Crippen LogP contribution in [0.4, 0.5) is 10.5 Å². The third-order valence-corrected chi connectivity index (χ3v) is 13.8. The van der Waals surface area contributed by atoms with Crippen LogP contribution in [-0.2, 0) is 39.8 Å². The fourth-order valence-electron chi connectivity index (χ4n) is 7.07. The largest absolute Gasteiger partial charge is 0.495 e. The molecule has 4 rings (SSSR count). The van der Waals surface area contributed by atoms with Crippen molar-refractivity contribution in [3.05, 3.63) is 46.5 Å². The van der Waals surface area contributed by atoms with E-state index in [2.05, 4.69) is 19.2 Å². The number of amides is 3. The van der Waals surface area contributed by atoms with Crippen LogP contribution in [0.3, 0.4) is 0 Å². The van der Waals surface area contributed by atoms with E-state index in [-0.39, 0.29) is 34.9 Å². The van der Waals surface area contributed by atoms with Crippen LogP contribution in [0.15, 0.2) is 35.9 Å². The van der Waals surface area contributed by atoms with Gasteiger partial charge >= 0.3 is 12.1 Å². The van der Waals surface area contributed by atoms with Gasteiger partial charge in [-0.2, -0.15) is 0 Å². The number of fused-ring (bicyclic) bond motifs is 5. The van der Waals surface area contributed by atoms with Crippen LogP contribution in [0.2, 0.25) is 5.02 Å². The van der Waals surface area contributed by atoms with E-state index in [1.54, 1.807) is 73.8 Å². The molecule has 55 heavy (non-hydrogen) atoms. The highest BCUT2D eigenvalue weighted by molar-refractivity contribution is 8.76. The number of esters is 1. The lowest BCUT2D eigenvalue weighted by Gasteiger charge is -2.42. The van der Waals surface area contributed by atoms with Crippen molar-refractivity contribution in [2.45, 2.75) is 120 Å². The van der Waals surface area contributed by atoms with E-state index in [0.717, 1.165) is 11.1 Å². The number of epoxide rings is 1. The number of rotatable bonds is 10.